The number of likely N-dealkylation sites (N-methyl/N-ethyl adjacent to an activating group) is 1. The summed E-state index contributed by atoms with van der Waals surface area (Å²) in [7, 11) is 1.82. The zero-order chi connectivity index (χ0) is 20.1. The van der Waals surface area contributed by atoms with Gasteiger partial charge in [-0.2, -0.15) is 0 Å². The van der Waals surface area contributed by atoms with E-state index in [2.05, 4.69) is 29.7 Å². The second-order valence-electron chi connectivity index (χ2n) is 8.29. The predicted molar refractivity (Wildman–Crippen MR) is 111 cm³/mol. The normalized spacial score (nSPS) is 21.0. The molecule has 1 aromatic rings. The molecule has 5 nitrogen and oxygen atoms in total. The first-order valence-corrected chi connectivity index (χ1v) is 10.1. The monoisotopic (exact) mass is 373 g/mol. The summed E-state index contributed by atoms with van der Waals surface area (Å²) in [6, 6.07) is 4.04. The number of hydrogen-bond acceptors (Lipinski definition) is 3. The molecule has 1 aromatic carbocycles. The Bertz CT molecular complexity index is 663. The first-order valence-electron chi connectivity index (χ1n) is 10.1. The van der Waals surface area contributed by atoms with Crippen LogP contribution in [0.2, 0.25) is 0 Å². The second kappa shape index (κ2) is 9.36. The summed E-state index contributed by atoms with van der Waals surface area (Å²) in [5, 5.41) is 6.19. The summed E-state index contributed by atoms with van der Waals surface area (Å²) < 4.78 is 0. The van der Waals surface area contributed by atoms with Crippen LogP contribution in [0.4, 0.5) is 5.69 Å². The molecule has 1 aliphatic carbocycles. The van der Waals surface area contributed by atoms with Gasteiger partial charge in [0.1, 0.15) is 0 Å². The fourth-order valence-electron chi connectivity index (χ4n) is 3.95. The van der Waals surface area contributed by atoms with Gasteiger partial charge in [0.05, 0.1) is 12.6 Å². The van der Waals surface area contributed by atoms with Crippen LogP contribution in [0.5, 0.6) is 0 Å². The van der Waals surface area contributed by atoms with Gasteiger partial charge in [-0.05, 0) is 64.6 Å². The molecule has 5 heteroatoms. The lowest BCUT2D eigenvalue weighted by Gasteiger charge is -2.32. The summed E-state index contributed by atoms with van der Waals surface area (Å²) in [6.45, 7) is 10.3. The maximum atomic E-state index is 12.6. The van der Waals surface area contributed by atoms with Crippen LogP contribution >= 0.6 is 0 Å². The largest absolute Gasteiger partial charge is 0.352 e. The summed E-state index contributed by atoms with van der Waals surface area (Å²) in [4.78, 5) is 26.9. The highest BCUT2D eigenvalue weighted by Crippen LogP contribution is 2.24. The summed E-state index contributed by atoms with van der Waals surface area (Å²) >= 11 is 0. The van der Waals surface area contributed by atoms with Crippen LogP contribution in [0.3, 0.4) is 0 Å². The quantitative estimate of drug-likeness (QED) is 0.801. The highest BCUT2D eigenvalue weighted by atomic mass is 16.2. The number of anilines is 1. The molecule has 150 valence electrons. The lowest BCUT2D eigenvalue weighted by Crippen LogP contribution is -2.50. The maximum absolute atomic E-state index is 12.6. The molecule has 1 aliphatic rings. The van der Waals surface area contributed by atoms with Crippen LogP contribution in [0.15, 0.2) is 12.1 Å². The van der Waals surface area contributed by atoms with Crippen LogP contribution in [-0.4, -0.2) is 42.4 Å². The molecule has 0 bridgehead atoms. The molecule has 1 saturated carbocycles. The van der Waals surface area contributed by atoms with Gasteiger partial charge in [0.15, 0.2) is 0 Å². The molecule has 0 heterocycles. The van der Waals surface area contributed by atoms with Crippen molar-refractivity contribution >= 4 is 17.5 Å². The Morgan fingerprint density at radius 3 is 2.33 bits per heavy atom. The van der Waals surface area contributed by atoms with E-state index in [1.165, 1.54) is 24.8 Å². The van der Waals surface area contributed by atoms with Gasteiger partial charge >= 0.3 is 0 Å². The third kappa shape index (κ3) is 5.80. The van der Waals surface area contributed by atoms with Crippen LogP contribution in [0, 0.1) is 26.7 Å². The van der Waals surface area contributed by atoms with E-state index in [0.717, 1.165) is 23.2 Å². The number of benzene rings is 1. The zero-order valence-electron chi connectivity index (χ0n) is 17.7. The molecule has 1 fully saturated rings. The maximum Gasteiger partial charge on any atom is 0.238 e. The Labute approximate surface area is 163 Å². The van der Waals surface area contributed by atoms with Gasteiger partial charge in [0.25, 0.3) is 0 Å². The fraction of sp³-hybridized carbons (Fsp3) is 0.636. The molecule has 0 unspecified atom stereocenters. The minimum atomic E-state index is -0.343. The molecular weight excluding hydrogens is 338 g/mol. The van der Waals surface area contributed by atoms with Gasteiger partial charge in [0, 0.05) is 11.7 Å². The van der Waals surface area contributed by atoms with Crippen LogP contribution < -0.4 is 10.6 Å². The number of amides is 2. The van der Waals surface area contributed by atoms with Crippen molar-refractivity contribution in [3.63, 3.8) is 0 Å². The smallest absolute Gasteiger partial charge is 0.238 e. The second-order valence-corrected chi connectivity index (χ2v) is 8.29. The molecule has 2 amide bonds. The van der Waals surface area contributed by atoms with Crippen LogP contribution in [-0.2, 0) is 9.59 Å². The Morgan fingerprint density at radius 1 is 1.15 bits per heavy atom. The van der Waals surface area contributed by atoms with Crippen LogP contribution in [0.1, 0.15) is 56.2 Å². The zero-order valence-corrected chi connectivity index (χ0v) is 17.7. The molecule has 0 aromatic heterocycles. The van der Waals surface area contributed by atoms with E-state index in [9.17, 15) is 9.59 Å². The molecule has 2 N–H and O–H groups in total. The SMILES string of the molecule is Cc1cc(C)c(NC(=O)CN(C)[C@@H](C)C(=O)N[C@@H]2CCCC[C@@H]2C)c(C)c1. The van der Waals surface area contributed by atoms with Crippen LogP contribution in [0.25, 0.3) is 0 Å². The molecule has 0 radical (unpaired) electrons. The van der Waals surface area contributed by atoms with E-state index in [-0.39, 0.29) is 30.4 Å². The summed E-state index contributed by atoms with van der Waals surface area (Å²) in [5.41, 5.74) is 4.16. The number of nitrogens with one attached hydrogen (secondary N) is 2. The number of hydrogen-bond donors (Lipinski definition) is 2. The number of nitrogens with zero attached hydrogens (tertiary/aromatic N) is 1. The van der Waals surface area contributed by atoms with E-state index in [0.29, 0.717) is 5.92 Å². The van der Waals surface area contributed by atoms with E-state index >= 15 is 0 Å². The molecule has 0 spiro atoms. The van der Waals surface area contributed by atoms with Gasteiger partial charge < -0.3 is 10.6 Å². The first-order chi connectivity index (χ1) is 12.7. The molecule has 3 atom stereocenters. The van der Waals surface area contributed by atoms with E-state index in [1.54, 1.807) is 4.90 Å². The highest BCUT2D eigenvalue weighted by molar-refractivity contribution is 5.94. The summed E-state index contributed by atoms with van der Waals surface area (Å²) in [6.07, 6.45) is 4.65. The average molecular weight is 374 g/mol. The molecule has 0 aliphatic heterocycles. The highest BCUT2D eigenvalue weighted by Gasteiger charge is 2.27. The Hall–Kier alpha value is -1.88. The number of carbonyl (C=O) groups excluding carboxylic acids is 2. The Morgan fingerprint density at radius 2 is 1.74 bits per heavy atom. The van der Waals surface area contributed by atoms with Gasteiger partial charge in [0.2, 0.25) is 11.8 Å². The van der Waals surface area contributed by atoms with Gasteiger partial charge in [-0.15, -0.1) is 0 Å². The lowest BCUT2D eigenvalue weighted by molar-refractivity contribution is -0.127. The van der Waals surface area contributed by atoms with Crippen molar-refractivity contribution in [1.29, 1.82) is 0 Å². The Balaban J connectivity index is 1.90. The van der Waals surface area contributed by atoms with Crippen molar-refractivity contribution in [2.45, 2.75) is 72.4 Å². The fourth-order valence-corrected chi connectivity index (χ4v) is 3.95. The minimum Gasteiger partial charge on any atom is -0.352 e. The van der Waals surface area contributed by atoms with E-state index < -0.39 is 0 Å². The number of aryl methyl sites for hydroxylation is 3. The van der Waals surface area contributed by atoms with E-state index in [4.69, 9.17) is 0 Å². The summed E-state index contributed by atoms with van der Waals surface area (Å²) in [5.74, 6) is 0.431. The molecule has 0 saturated heterocycles. The standard InChI is InChI=1S/C22H35N3O2/c1-14-11-16(3)21(17(4)12-14)24-20(26)13-25(6)18(5)22(27)23-19-10-8-7-9-15(19)2/h11-12,15,18-19H,7-10,13H2,1-6H3,(H,23,27)(H,24,26)/t15-,18-,19+/m0/s1. The van der Waals surface area contributed by atoms with Crippen molar-refractivity contribution in [3.8, 4) is 0 Å². The third-order valence-electron chi connectivity index (χ3n) is 5.81. The minimum absolute atomic E-state index is 0.00625. The number of rotatable bonds is 6. The lowest BCUT2D eigenvalue weighted by atomic mass is 9.86. The average Bonchev–Trinajstić information content (AvgIpc) is 2.59. The van der Waals surface area contributed by atoms with Crippen molar-refractivity contribution in [1.82, 2.24) is 10.2 Å². The first kappa shape index (κ1) is 21.4. The Kier molecular flexibility index (Phi) is 7.42. The van der Waals surface area contributed by atoms with Gasteiger partial charge in [-0.25, -0.2) is 0 Å². The third-order valence-corrected chi connectivity index (χ3v) is 5.81. The van der Waals surface area contributed by atoms with Gasteiger partial charge in [-0.1, -0.05) is 37.5 Å². The van der Waals surface area contributed by atoms with E-state index in [1.807, 2.05) is 34.7 Å². The number of carbonyl (C=O) groups is 2. The molecule has 27 heavy (non-hydrogen) atoms. The van der Waals surface area contributed by atoms with Crippen molar-refractivity contribution in [2.75, 3.05) is 18.9 Å². The topological polar surface area (TPSA) is 61.4 Å². The predicted octanol–water partition coefficient (Wildman–Crippen LogP) is 3.57. The van der Waals surface area contributed by atoms with Crippen molar-refractivity contribution in [3.05, 3.63) is 28.8 Å². The van der Waals surface area contributed by atoms with Crippen molar-refractivity contribution in [2.24, 2.45) is 5.92 Å². The van der Waals surface area contributed by atoms with Crippen molar-refractivity contribution < 1.29 is 9.59 Å². The molecular formula is C22H35N3O2. The van der Waals surface area contributed by atoms with Gasteiger partial charge in [-0.3, -0.25) is 14.5 Å². The molecule has 2 rings (SSSR count).